The Labute approximate surface area is 112 Å². The van der Waals surface area contributed by atoms with Crippen LogP contribution in [0.2, 0.25) is 0 Å². The van der Waals surface area contributed by atoms with Crippen molar-refractivity contribution in [3.8, 4) is 5.75 Å². The van der Waals surface area contributed by atoms with E-state index in [4.69, 9.17) is 0 Å². The minimum Gasteiger partial charge on any atom is -0.508 e. The molecule has 1 nitrogen and oxygen atoms in total. The second-order valence-electron chi connectivity index (χ2n) is 5.32. The van der Waals surface area contributed by atoms with Gasteiger partial charge in [0.1, 0.15) is 5.75 Å². The van der Waals surface area contributed by atoms with Gasteiger partial charge < -0.3 is 5.11 Å². The second kappa shape index (κ2) is 9.02. The van der Waals surface area contributed by atoms with Gasteiger partial charge in [0.05, 0.1) is 0 Å². The van der Waals surface area contributed by atoms with Crippen LogP contribution in [0.3, 0.4) is 0 Å². The summed E-state index contributed by atoms with van der Waals surface area (Å²) < 4.78 is 0. The molecule has 1 N–H and O–H groups in total. The topological polar surface area (TPSA) is 20.2 Å². The van der Waals surface area contributed by atoms with E-state index >= 15 is 0 Å². The van der Waals surface area contributed by atoms with Gasteiger partial charge in [-0.25, -0.2) is 0 Å². The predicted molar refractivity (Wildman–Crippen MR) is 79.0 cm³/mol. The van der Waals surface area contributed by atoms with Gasteiger partial charge in [0, 0.05) is 0 Å². The number of hydrogen-bond donors (Lipinski definition) is 1. The van der Waals surface area contributed by atoms with Crippen molar-refractivity contribution in [2.75, 3.05) is 0 Å². The molecule has 18 heavy (non-hydrogen) atoms. The third-order valence-corrected chi connectivity index (χ3v) is 3.71. The lowest BCUT2D eigenvalue weighted by atomic mass is 9.91. The summed E-state index contributed by atoms with van der Waals surface area (Å²) in [6.07, 6.45) is 10.2. The fourth-order valence-electron chi connectivity index (χ4n) is 2.64. The number of aromatic hydroxyl groups is 1. The molecule has 1 aromatic carbocycles. The van der Waals surface area contributed by atoms with E-state index in [1.54, 1.807) is 6.07 Å². The summed E-state index contributed by atoms with van der Waals surface area (Å²) in [4.78, 5) is 0. The Hall–Kier alpha value is -0.980. The van der Waals surface area contributed by atoms with Crippen molar-refractivity contribution in [1.82, 2.24) is 0 Å². The molecule has 0 saturated carbocycles. The fourth-order valence-corrected chi connectivity index (χ4v) is 2.64. The first-order valence-electron chi connectivity index (χ1n) is 7.54. The Morgan fingerprint density at radius 2 is 1.67 bits per heavy atom. The number of aryl methyl sites for hydroxylation is 1. The highest BCUT2D eigenvalue weighted by atomic mass is 16.3. The molecule has 0 radical (unpaired) electrons. The lowest BCUT2D eigenvalue weighted by Gasteiger charge is -2.15. The normalized spacial score (nSPS) is 12.6. The number of phenols is 1. The molecule has 0 bridgehead atoms. The third kappa shape index (κ3) is 5.57. The summed E-state index contributed by atoms with van der Waals surface area (Å²) in [7, 11) is 0. The van der Waals surface area contributed by atoms with Crippen molar-refractivity contribution >= 4 is 0 Å². The van der Waals surface area contributed by atoms with Crippen LogP contribution in [0.25, 0.3) is 0 Å². The Morgan fingerprint density at radius 1 is 0.944 bits per heavy atom. The minimum absolute atomic E-state index is 0.457. The van der Waals surface area contributed by atoms with Crippen molar-refractivity contribution in [2.45, 2.75) is 65.2 Å². The van der Waals surface area contributed by atoms with Crippen LogP contribution in [0.5, 0.6) is 5.75 Å². The van der Waals surface area contributed by atoms with Crippen LogP contribution in [0, 0.1) is 5.92 Å². The number of hydrogen-bond acceptors (Lipinski definition) is 1. The van der Waals surface area contributed by atoms with E-state index in [9.17, 15) is 5.11 Å². The Bertz CT molecular complexity index is 319. The van der Waals surface area contributed by atoms with Gasteiger partial charge in [-0.15, -0.1) is 0 Å². The molecule has 0 saturated heterocycles. The monoisotopic (exact) mass is 248 g/mol. The lowest BCUT2D eigenvalue weighted by molar-refractivity contribution is 0.390. The Kier molecular flexibility index (Phi) is 7.55. The average Bonchev–Trinajstić information content (AvgIpc) is 2.38. The van der Waals surface area contributed by atoms with Gasteiger partial charge in [-0.2, -0.15) is 0 Å². The molecule has 0 aliphatic heterocycles. The Morgan fingerprint density at radius 3 is 2.33 bits per heavy atom. The number of para-hydroxylation sites is 1. The van der Waals surface area contributed by atoms with E-state index in [-0.39, 0.29) is 0 Å². The first-order valence-corrected chi connectivity index (χ1v) is 7.54. The molecule has 0 aliphatic carbocycles. The molecule has 102 valence electrons. The highest BCUT2D eigenvalue weighted by Crippen LogP contribution is 2.23. The maximum atomic E-state index is 9.72. The van der Waals surface area contributed by atoms with E-state index < -0.39 is 0 Å². The summed E-state index contributed by atoms with van der Waals surface area (Å²) in [5, 5.41) is 9.72. The molecular weight excluding hydrogens is 220 g/mol. The van der Waals surface area contributed by atoms with Gasteiger partial charge in [-0.05, 0) is 30.4 Å². The maximum Gasteiger partial charge on any atom is 0.118 e. The van der Waals surface area contributed by atoms with Gasteiger partial charge in [0.25, 0.3) is 0 Å². The van der Waals surface area contributed by atoms with Gasteiger partial charge >= 0.3 is 0 Å². The zero-order valence-electron chi connectivity index (χ0n) is 12.0. The molecule has 0 fully saturated rings. The van der Waals surface area contributed by atoms with E-state index in [1.807, 2.05) is 18.2 Å². The first kappa shape index (κ1) is 15.1. The van der Waals surface area contributed by atoms with E-state index in [0.29, 0.717) is 5.75 Å². The average molecular weight is 248 g/mol. The molecule has 0 aliphatic rings. The summed E-state index contributed by atoms with van der Waals surface area (Å²) >= 11 is 0. The summed E-state index contributed by atoms with van der Waals surface area (Å²) in [6.45, 7) is 4.55. The zero-order valence-corrected chi connectivity index (χ0v) is 12.0. The fraction of sp³-hybridized carbons (Fsp3) is 0.647. The number of rotatable bonds is 9. The van der Waals surface area contributed by atoms with Gasteiger partial charge in [0.15, 0.2) is 0 Å². The van der Waals surface area contributed by atoms with E-state index in [0.717, 1.165) is 17.9 Å². The molecule has 1 unspecified atom stereocenters. The summed E-state index contributed by atoms with van der Waals surface area (Å²) in [6, 6.07) is 7.72. The van der Waals surface area contributed by atoms with Gasteiger partial charge in [0.2, 0.25) is 0 Å². The maximum absolute atomic E-state index is 9.72. The second-order valence-corrected chi connectivity index (χ2v) is 5.32. The molecule has 0 spiro atoms. The van der Waals surface area contributed by atoms with Crippen LogP contribution < -0.4 is 0 Å². The number of phenolic OH excluding ortho intramolecular Hbond substituents is 1. The number of unbranched alkanes of at least 4 members (excludes halogenated alkanes) is 1. The highest BCUT2D eigenvalue weighted by molar-refractivity contribution is 5.31. The van der Waals surface area contributed by atoms with Crippen LogP contribution in [0.15, 0.2) is 24.3 Å². The first-order chi connectivity index (χ1) is 8.77. The molecule has 0 aromatic heterocycles. The minimum atomic E-state index is 0.457. The van der Waals surface area contributed by atoms with Crippen molar-refractivity contribution in [3.05, 3.63) is 29.8 Å². The van der Waals surface area contributed by atoms with Crippen LogP contribution in [0.1, 0.15) is 64.4 Å². The van der Waals surface area contributed by atoms with Crippen LogP contribution in [-0.4, -0.2) is 5.11 Å². The van der Waals surface area contributed by atoms with E-state index in [2.05, 4.69) is 13.8 Å². The largest absolute Gasteiger partial charge is 0.508 e. The van der Waals surface area contributed by atoms with Crippen LogP contribution >= 0.6 is 0 Å². The quantitative estimate of drug-likeness (QED) is 0.627. The predicted octanol–water partition coefficient (Wildman–Crippen LogP) is 5.32. The summed E-state index contributed by atoms with van der Waals surface area (Å²) in [5.74, 6) is 1.35. The molecule has 0 heterocycles. The molecule has 1 atom stereocenters. The van der Waals surface area contributed by atoms with Crippen molar-refractivity contribution in [3.63, 3.8) is 0 Å². The molecular formula is C17H28O. The third-order valence-electron chi connectivity index (χ3n) is 3.71. The van der Waals surface area contributed by atoms with Crippen LogP contribution in [-0.2, 0) is 6.42 Å². The van der Waals surface area contributed by atoms with E-state index in [1.165, 1.54) is 44.9 Å². The van der Waals surface area contributed by atoms with Gasteiger partial charge in [-0.1, -0.05) is 70.6 Å². The standard InChI is InChI=1S/C17H28O/c1-3-5-10-15(9-4-2)11-8-13-16-12-6-7-14-17(16)18/h6-7,12,14-15,18H,3-5,8-11,13H2,1-2H3. The van der Waals surface area contributed by atoms with Gasteiger partial charge in [-0.3, -0.25) is 0 Å². The molecule has 0 amide bonds. The smallest absolute Gasteiger partial charge is 0.118 e. The SMILES string of the molecule is CCCCC(CCC)CCCc1ccccc1O. The van der Waals surface area contributed by atoms with Crippen molar-refractivity contribution in [2.24, 2.45) is 5.92 Å². The molecule has 1 heteroatoms. The molecule has 1 aromatic rings. The highest BCUT2D eigenvalue weighted by Gasteiger charge is 2.08. The molecule has 1 rings (SSSR count). The lowest BCUT2D eigenvalue weighted by Crippen LogP contribution is -2.01. The van der Waals surface area contributed by atoms with Crippen LogP contribution in [0.4, 0.5) is 0 Å². The zero-order chi connectivity index (χ0) is 13.2. The number of benzene rings is 1. The van der Waals surface area contributed by atoms with Crippen molar-refractivity contribution < 1.29 is 5.11 Å². The van der Waals surface area contributed by atoms with Crippen molar-refractivity contribution in [1.29, 1.82) is 0 Å². The summed E-state index contributed by atoms with van der Waals surface area (Å²) in [5.41, 5.74) is 1.10. The Balaban J connectivity index is 2.31.